The van der Waals surface area contributed by atoms with Crippen molar-refractivity contribution < 1.29 is 32.2 Å². The summed E-state index contributed by atoms with van der Waals surface area (Å²) >= 11 is 1.51. The Morgan fingerprint density at radius 3 is 2.44 bits per heavy atom. The third-order valence-electron chi connectivity index (χ3n) is 5.80. The summed E-state index contributed by atoms with van der Waals surface area (Å²) in [6.45, 7) is 4.10. The molecule has 3 aromatic rings. The maximum absolute atomic E-state index is 13.4. The predicted octanol–water partition coefficient (Wildman–Crippen LogP) is 6.08. The van der Waals surface area contributed by atoms with Gasteiger partial charge < -0.3 is 24.6 Å². The number of thiophene rings is 1. The average molecular weight is 562 g/mol. The molecule has 0 aliphatic heterocycles. The molecule has 0 aliphatic rings. The largest absolute Gasteiger partial charge is 0.493 e. The van der Waals surface area contributed by atoms with Crippen molar-refractivity contribution in [2.75, 3.05) is 39.2 Å². The van der Waals surface area contributed by atoms with Crippen molar-refractivity contribution in [3.63, 3.8) is 0 Å². The number of methoxy groups -OCH3 is 2. The van der Waals surface area contributed by atoms with E-state index in [1.807, 2.05) is 29.6 Å². The molecule has 0 fully saturated rings. The second-order valence-electron chi connectivity index (χ2n) is 8.51. The second-order valence-corrected chi connectivity index (χ2v) is 9.54. The number of ether oxygens (including phenoxy) is 2. The van der Waals surface area contributed by atoms with E-state index in [2.05, 4.69) is 11.9 Å². The topological polar surface area (TPSA) is 71.1 Å². The number of alkyl halides is 3. The molecule has 3 rings (SSSR count). The monoisotopic (exact) mass is 561 g/mol. The van der Waals surface area contributed by atoms with Crippen LogP contribution in [-0.4, -0.2) is 55.6 Å². The number of hydrogen-bond donors (Lipinski definition) is 1. The number of nitrogens with zero attached hydrogens (tertiary/aromatic N) is 2. The lowest BCUT2D eigenvalue weighted by molar-refractivity contribution is -0.137. The number of halogens is 3. The van der Waals surface area contributed by atoms with E-state index in [0.29, 0.717) is 31.0 Å². The lowest BCUT2D eigenvalue weighted by Crippen LogP contribution is -2.44. The number of hydrogen-bond acceptors (Lipinski definition) is 5. The predicted molar refractivity (Wildman–Crippen MR) is 145 cm³/mol. The van der Waals surface area contributed by atoms with Gasteiger partial charge in [0.15, 0.2) is 11.5 Å². The normalized spacial score (nSPS) is 11.0. The van der Waals surface area contributed by atoms with Crippen molar-refractivity contribution in [1.29, 1.82) is 0 Å². The van der Waals surface area contributed by atoms with E-state index >= 15 is 0 Å². The minimum absolute atomic E-state index is 0.0268. The first kappa shape index (κ1) is 29.6. The molecule has 0 saturated carbocycles. The van der Waals surface area contributed by atoms with Crippen LogP contribution in [0.1, 0.15) is 16.0 Å². The molecule has 0 unspecified atom stereocenters. The van der Waals surface area contributed by atoms with E-state index in [1.54, 1.807) is 25.2 Å². The summed E-state index contributed by atoms with van der Waals surface area (Å²) in [5, 5.41) is 4.37. The van der Waals surface area contributed by atoms with Gasteiger partial charge in [-0.1, -0.05) is 24.3 Å². The van der Waals surface area contributed by atoms with Gasteiger partial charge in [0.1, 0.15) is 6.54 Å². The first-order chi connectivity index (χ1) is 18.6. The van der Waals surface area contributed by atoms with Crippen LogP contribution in [0.3, 0.4) is 0 Å². The molecule has 208 valence electrons. The van der Waals surface area contributed by atoms with Crippen LogP contribution in [0.25, 0.3) is 0 Å². The highest BCUT2D eigenvalue weighted by molar-refractivity contribution is 7.09. The van der Waals surface area contributed by atoms with Crippen molar-refractivity contribution in [3.05, 3.63) is 88.6 Å². The van der Waals surface area contributed by atoms with Gasteiger partial charge in [0.2, 0.25) is 5.91 Å². The van der Waals surface area contributed by atoms with E-state index in [-0.39, 0.29) is 24.7 Å². The van der Waals surface area contributed by atoms with Crippen LogP contribution >= 0.6 is 11.3 Å². The molecule has 39 heavy (non-hydrogen) atoms. The summed E-state index contributed by atoms with van der Waals surface area (Å²) < 4.78 is 49.9. The van der Waals surface area contributed by atoms with Crippen molar-refractivity contribution in [2.45, 2.75) is 19.1 Å². The molecule has 0 saturated heterocycles. The van der Waals surface area contributed by atoms with E-state index in [0.717, 1.165) is 22.6 Å². The summed E-state index contributed by atoms with van der Waals surface area (Å²) in [5.74, 6) is 0.860. The van der Waals surface area contributed by atoms with E-state index in [4.69, 9.17) is 9.47 Å². The molecule has 0 aliphatic carbocycles. The zero-order valence-corrected chi connectivity index (χ0v) is 22.5. The zero-order chi connectivity index (χ0) is 28.4. The minimum atomic E-state index is -4.55. The fraction of sp³-hybridized carbons (Fsp3) is 0.286. The number of carbonyl (C=O) groups is 2. The number of urea groups is 1. The maximum atomic E-state index is 13.4. The van der Waals surface area contributed by atoms with E-state index in [1.165, 1.54) is 34.4 Å². The standard InChI is InChI=1S/C28H30F3N3O4S/c1-4-13-34(27(36)32-22-8-5-7-21(17-22)28(29,30)31)19-26(35)33(18-23-9-6-15-39-23)14-12-20-10-11-24(37-2)25(16-20)38-3/h4-11,15-17H,1,12-14,18-19H2,2-3H3,(H,32,36). The lowest BCUT2D eigenvalue weighted by Gasteiger charge is -2.27. The number of amides is 3. The number of carbonyl (C=O) groups excluding carboxylic acids is 2. The Hall–Kier alpha value is -3.99. The molecule has 0 radical (unpaired) electrons. The van der Waals surface area contributed by atoms with Crippen LogP contribution in [0.4, 0.5) is 23.7 Å². The van der Waals surface area contributed by atoms with Crippen LogP contribution in [-0.2, 0) is 23.9 Å². The molecule has 1 heterocycles. The van der Waals surface area contributed by atoms with E-state index < -0.39 is 17.8 Å². The average Bonchev–Trinajstić information content (AvgIpc) is 3.43. The smallest absolute Gasteiger partial charge is 0.416 e. The van der Waals surface area contributed by atoms with Crippen molar-refractivity contribution in [2.24, 2.45) is 0 Å². The molecule has 1 N–H and O–H groups in total. The first-order valence-corrected chi connectivity index (χ1v) is 12.9. The number of anilines is 1. The Morgan fingerprint density at radius 2 is 1.79 bits per heavy atom. The number of rotatable bonds is 12. The van der Waals surface area contributed by atoms with Crippen molar-refractivity contribution >= 4 is 29.0 Å². The van der Waals surface area contributed by atoms with Gasteiger partial charge in [0, 0.05) is 23.7 Å². The Morgan fingerprint density at radius 1 is 1.03 bits per heavy atom. The molecule has 0 atom stereocenters. The van der Waals surface area contributed by atoms with Gasteiger partial charge >= 0.3 is 12.2 Å². The molecule has 1 aromatic heterocycles. The van der Waals surface area contributed by atoms with Gasteiger partial charge in [-0.15, -0.1) is 17.9 Å². The Balaban J connectivity index is 1.74. The van der Waals surface area contributed by atoms with Gasteiger partial charge in [0.25, 0.3) is 0 Å². The molecule has 0 spiro atoms. The van der Waals surface area contributed by atoms with Crippen molar-refractivity contribution in [3.8, 4) is 11.5 Å². The highest BCUT2D eigenvalue weighted by atomic mass is 32.1. The Kier molecular flexibility index (Phi) is 10.4. The lowest BCUT2D eigenvalue weighted by atomic mass is 10.1. The van der Waals surface area contributed by atoms with Gasteiger partial charge in [-0.3, -0.25) is 4.79 Å². The van der Waals surface area contributed by atoms with Crippen molar-refractivity contribution in [1.82, 2.24) is 9.80 Å². The molecule has 2 aromatic carbocycles. The van der Waals surface area contributed by atoms with Crippen LogP contribution in [0.15, 0.2) is 72.6 Å². The summed E-state index contributed by atoms with van der Waals surface area (Å²) in [6, 6.07) is 13.0. The fourth-order valence-corrected chi connectivity index (χ4v) is 4.52. The van der Waals surface area contributed by atoms with Gasteiger partial charge in [-0.25, -0.2) is 4.79 Å². The van der Waals surface area contributed by atoms with Crippen LogP contribution in [0.2, 0.25) is 0 Å². The van der Waals surface area contributed by atoms with Crippen LogP contribution in [0, 0.1) is 0 Å². The molecule has 0 bridgehead atoms. The summed E-state index contributed by atoms with van der Waals surface area (Å²) in [7, 11) is 3.10. The summed E-state index contributed by atoms with van der Waals surface area (Å²) in [5.41, 5.74) is 0.0195. The van der Waals surface area contributed by atoms with Crippen LogP contribution < -0.4 is 14.8 Å². The highest BCUT2D eigenvalue weighted by Crippen LogP contribution is 2.31. The fourth-order valence-electron chi connectivity index (χ4n) is 3.80. The van der Waals surface area contributed by atoms with Crippen LogP contribution in [0.5, 0.6) is 11.5 Å². The van der Waals surface area contributed by atoms with Gasteiger partial charge in [0.05, 0.1) is 26.3 Å². The molecule has 11 heteroatoms. The van der Waals surface area contributed by atoms with Gasteiger partial charge in [-0.2, -0.15) is 13.2 Å². The Labute approximate surface area is 229 Å². The quantitative estimate of drug-likeness (QED) is 0.272. The number of benzene rings is 2. The summed E-state index contributed by atoms with van der Waals surface area (Å²) in [6.07, 6.45) is -2.57. The zero-order valence-electron chi connectivity index (χ0n) is 21.7. The molecular formula is C28H30F3N3O4S. The van der Waals surface area contributed by atoms with E-state index in [9.17, 15) is 22.8 Å². The molecule has 3 amide bonds. The van der Waals surface area contributed by atoms with Gasteiger partial charge in [-0.05, 0) is 53.8 Å². The minimum Gasteiger partial charge on any atom is -0.493 e. The molecule has 7 nitrogen and oxygen atoms in total. The number of nitrogens with one attached hydrogen (secondary N) is 1. The molecular weight excluding hydrogens is 531 g/mol. The highest BCUT2D eigenvalue weighted by Gasteiger charge is 2.30. The third kappa shape index (κ3) is 8.51. The Bertz CT molecular complexity index is 1270. The SMILES string of the molecule is C=CCN(CC(=O)N(CCc1ccc(OC)c(OC)c1)Cc1cccs1)C(=O)Nc1cccc(C(F)(F)F)c1. The first-order valence-electron chi connectivity index (χ1n) is 12.0. The maximum Gasteiger partial charge on any atom is 0.416 e. The summed E-state index contributed by atoms with van der Waals surface area (Å²) in [4.78, 5) is 30.2. The second kappa shape index (κ2) is 13.7. The third-order valence-corrected chi connectivity index (χ3v) is 6.66.